The van der Waals surface area contributed by atoms with Crippen LogP contribution in [0.3, 0.4) is 0 Å². The van der Waals surface area contributed by atoms with Crippen molar-refractivity contribution in [2.75, 3.05) is 13.7 Å². The Labute approximate surface area is 377 Å². The third-order valence-electron chi connectivity index (χ3n) is 8.94. The highest BCUT2D eigenvalue weighted by Gasteiger charge is 2.57. The summed E-state index contributed by atoms with van der Waals surface area (Å²) in [6.07, 6.45) is -28.9. The van der Waals surface area contributed by atoms with Gasteiger partial charge in [0.2, 0.25) is 6.29 Å². The highest BCUT2D eigenvalue weighted by molar-refractivity contribution is 7.82. The average Bonchev–Trinajstić information content (AvgIpc) is 3.12. The van der Waals surface area contributed by atoms with Gasteiger partial charge < -0.3 is 38.6 Å². The number of Topliss-reactive ketones (excluding diaryl/α,β-unsaturated/α-hetero) is 1. The summed E-state index contributed by atoms with van der Waals surface area (Å²) in [6.45, 7) is -0.804. The van der Waals surface area contributed by atoms with E-state index in [0.717, 1.165) is 13.0 Å². The summed E-state index contributed by atoms with van der Waals surface area (Å²) in [5.41, 5.74) is -0.308. The van der Waals surface area contributed by atoms with Crippen molar-refractivity contribution >= 4 is 68.2 Å². The number of phenolic OH excluding ortho intramolecular Hbond substituents is 2. The summed E-state index contributed by atoms with van der Waals surface area (Å²) in [6, 6.07) is 5.32. The number of carbonyl (C=O) groups excluding carboxylic acids is 1. The molecule has 2 aromatic rings. The predicted molar refractivity (Wildman–Crippen MR) is 203 cm³/mol. The molecule has 8 N–H and O–H groups in total. The smallest absolute Gasteiger partial charge is 0.397 e. The van der Waals surface area contributed by atoms with Gasteiger partial charge in [-0.1, -0.05) is 6.07 Å². The number of phenols is 2. The molecule has 0 bridgehead atoms. The van der Waals surface area contributed by atoms with E-state index in [1.807, 2.05) is 0 Å². The molecule has 3 aliphatic rings. The first kappa shape index (κ1) is 54.2. The maximum atomic E-state index is 13.2. The van der Waals surface area contributed by atoms with Gasteiger partial charge in [0, 0.05) is 12.1 Å². The van der Waals surface area contributed by atoms with E-state index in [-0.39, 0.29) is 17.1 Å². The molecule has 0 radical (unpaired) electrons. The molecular weight excluding hydrogens is 1060 g/mol. The van der Waals surface area contributed by atoms with Crippen molar-refractivity contribution in [3.63, 3.8) is 0 Å². The summed E-state index contributed by atoms with van der Waals surface area (Å²) in [7, 11) is -34.1. The van der Waals surface area contributed by atoms with Crippen LogP contribution in [0.1, 0.15) is 35.4 Å². The van der Waals surface area contributed by atoms with Gasteiger partial charge in [0.25, 0.3) is 0 Å². The van der Waals surface area contributed by atoms with Crippen LogP contribution in [0.2, 0.25) is 0 Å². The number of methoxy groups -OCH3 is 1. The molecule has 67 heavy (non-hydrogen) atoms. The minimum Gasteiger partial charge on any atom is -0.507 e. The van der Waals surface area contributed by atoms with Gasteiger partial charge in [-0.2, -0.15) is 50.5 Å². The molecule has 2 fully saturated rings. The zero-order valence-electron chi connectivity index (χ0n) is 32.9. The Morgan fingerprint density at radius 2 is 1.07 bits per heavy atom. The van der Waals surface area contributed by atoms with Crippen LogP contribution in [-0.2, 0) is 102 Å². The highest BCUT2D eigenvalue weighted by Crippen LogP contribution is 2.44. The van der Waals surface area contributed by atoms with Gasteiger partial charge in [-0.15, -0.1) is 0 Å². The highest BCUT2D eigenvalue weighted by atomic mass is 32.3. The van der Waals surface area contributed by atoms with E-state index in [1.54, 1.807) is 0 Å². The van der Waals surface area contributed by atoms with E-state index in [0.29, 0.717) is 6.07 Å². The summed E-state index contributed by atoms with van der Waals surface area (Å²) < 4.78 is 259. The van der Waals surface area contributed by atoms with E-state index in [1.165, 1.54) is 25.3 Å². The molecule has 3 heterocycles. The van der Waals surface area contributed by atoms with Gasteiger partial charge >= 0.3 is 62.4 Å². The molecule has 0 unspecified atom stereocenters. The van der Waals surface area contributed by atoms with Crippen LogP contribution in [0.4, 0.5) is 0 Å². The van der Waals surface area contributed by atoms with Crippen molar-refractivity contribution < 1.29 is 146 Å². The number of rotatable bonds is 19. The van der Waals surface area contributed by atoms with E-state index < -0.39 is 172 Å². The first-order valence-corrected chi connectivity index (χ1v) is 25.7. The lowest BCUT2D eigenvalue weighted by atomic mass is 9.95. The van der Waals surface area contributed by atoms with E-state index >= 15 is 0 Å². The number of ether oxygens (including phenoxy) is 6. The first-order chi connectivity index (χ1) is 30.5. The van der Waals surface area contributed by atoms with Crippen LogP contribution in [0.15, 0.2) is 30.3 Å². The van der Waals surface area contributed by atoms with E-state index in [2.05, 4.69) is 25.1 Å². The van der Waals surface area contributed by atoms with Crippen LogP contribution < -0.4 is 14.2 Å². The molecule has 0 spiro atoms. The van der Waals surface area contributed by atoms with Crippen molar-refractivity contribution in [2.24, 2.45) is 0 Å². The van der Waals surface area contributed by atoms with Crippen molar-refractivity contribution in [3.8, 4) is 28.7 Å². The van der Waals surface area contributed by atoms with Gasteiger partial charge in [0.15, 0.2) is 35.8 Å². The number of fused-ring (bicyclic) bond motifs is 1. The third kappa shape index (κ3) is 15.1. The molecule has 2 aromatic carbocycles. The van der Waals surface area contributed by atoms with Crippen LogP contribution >= 0.6 is 0 Å². The molecule has 39 heteroatoms. The van der Waals surface area contributed by atoms with E-state index in [4.69, 9.17) is 28.4 Å². The van der Waals surface area contributed by atoms with Gasteiger partial charge in [-0.25, -0.2) is 25.1 Å². The summed E-state index contributed by atoms with van der Waals surface area (Å²) in [5, 5.41) is 21.2. The summed E-state index contributed by atoms with van der Waals surface area (Å²) in [5.74, 6) is -3.33. The van der Waals surface area contributed by atoms with Crippen LogP contribution in [0, 0.1) is 0 Å². The Bertz CT molecular complexity index is 2870. The summed E-state index contributed by atoms with van der Waals surface area (Å²) in [4.78, 5) is 13.2. The Morgan fingerprint density at radius 3 is 1.58 bits per heavy atom. The average molecular weight is 1090 g/mol. The molecule has 0 aliphatic carbocycles. The largest absolute Gasteiger partial charge is 0.507 e. The molecule has 33 nitrogen and oxygen atoms in total. The quantitative estimate of drug-likeness (QED) is 0.0692. The van der Waals surface area contributed by atoms with Crippen molar-refractivity contribution in [2.45, 2.75) is 80.9 Å². The number of hydrogen-bond donors (Lipinski definition) is 8. The standard InChI is InChI=1S/C28H34O33S6/c1-10-21(56-62(32,33)34)23(58-64(38,39)40)25(60-66(44,45)46)27(52-10)51-9-19-22(57-63(35,36)37)24(59-65(41,42)43)26(61-67(47,48)49)28(55-19)53-12-6-14(30)20-15(31)8-17(54-18(20)7-12)11-3-4-16(50-2)13(29)5-11/h3-7,10,17,19,21-30H,8-9H2,1-2H3,(H,32,33,34)(H,35,36,37)(H,38,39,40)(H,41,42,43)(H,44,45,46)(H,47,48,49)/t10-,17+,19-,21-,22-,23+,24+,25+,26-,27+,28-/m1/s1. The first-order valence-electron chi connectivity index (χ1n) is 17.5. The van der Waals surface area contributed by atoms with Gasteiger partial charge in [-0.05, 0) is 24.6 Å². The second kappa shape index (κ2) is 19.9. The van der Waals surface area contributed by atoms with Crippen LogP contribution in [0.25, 0.3) is 0 Å². The van der Waals surface area contributed by atoms with Crippen molar-refractivity contribution in [1.82, 2.24) is 0 Å². The molecule has 11 atom stereocenters. The molecule has 0 aromatic heterocycles. The molecule has 3 aliphatic heterocycles. The topological polar surface area (TPSA) is 495 Å². The number of carbonyl (C=O) groups is 1. The predicted octanol–water partition coefficient (Wildman–Crippen LogP) is -2.19. The minimum atomic E-state index is -6.01. The maximum absolute atomic E-state index is 13.2. The number of ketones is 1. The second-order valence-corrected chi connectivity index (χ2v) is 19.9. The summed E-state index contributed by atoms with van der Waals surface area (Å²) >= 11 is 0. The molecule has 5 rings (SSSR count). The van der Waals surface area contributed by atoms with E-state index in [9.17, 15) is 92.8 Å². The van der Waals surface area contributed by atoms with Gasteiger partial charge in [0.05, 0.1) is 26.2 Å². The van der Waals surface area contributed by atoms with Crippen molar-refractivity contribution in [3.05, 3.63) is 41.5 Å². The number of aromatic hydroxyl groups is 2. The second-order valence-electron chi connectivity index (χ2n) is 13.6. The molecule has 0 amide bonds. The fourth-order valence-corrected chi connectivity index (χ4v) is 9.65. The van der Waals surface area contributed by atoms with Gasteiger partial charge in [-0.3, -0.25) is 32.1 Å². The third-order valence-corrected chi connectivity index (χ3v) is 11.7. The Hall–Kier alpha value is -3.79. The van der Waals surface area contributed by atoms with Gasteiger partial charge in [0.1, 0.15) is 59.4 Å². The lowest BCUT2D eigenvalue weighted by Gasteiger charge is -2.45. The SMILES string of the molecule is COc1ccc([C@@H]2CC(=O)c3c(O)cc(O[C@@H]4O[C@H](CO[C@H]5O[C@H](C)[C@@H](OS(=O)(=O)O)[C@H](OS(=O)(=O)O)[C@@H]5OS(=O)(=O)O)[C@@H](OS(=O)(=O)O)[C@H](OS(=O)(=O)O)[C@H]4OS(=O)(=O)O)cc3O2)cc1O. The Kier molecular flexibility index (Phi) is 16.1. The zero-order valence-corrected chi connectivity index (χ0v) is 37.8. The van der Waals surface area contributed by atoms with Crippen molar-refractivity contribution in [1.29, 1.82) is 0 Å². The molecule has 2 saturated heterocycles. The minimum absolute atomic E-state index is 0.0272. The lowest BCUT2D eigenvalue weighted by Crippen LogP contribution is -2.65. The fraction of sp³-hybridized carbons (Fsp3) is 0.536. The number of benzene rings is 2. The Balaban J connectivity index is 1.59. The zero-order chi connectivity index (χ0) is 50.4. The Morgan fingerprint density at radius 1 is 0.597 bits per heavy atom. The monoisotopic (exact) mass is 1090 g/mol. The molecule has 380 valence electrons. The lowest BCUT2D eigenvalue weighted by molar-refractivity contribution is -0.306. The molecule has 0 saturated carbocycles. The van der Waals surface area contributed by atoms with Crippen LogP contribution in [-0.4, -0.2) is 169 Å². The maximum Gasteiger partial charge on any atom is 0.397 e. The molecular formula is C28H34O33S6. The normalized spacial score (nSPS) is 28.8. The number of hydrogen-bond acceptors (Lipinski definition) is 27. The fourth-order valence-electron chi connectivity index (χ4n) is 6.63. The van der Waals surface area contributed by atoms with Crippen LogP contribution in [0.5, 0.6) is 28.7 Å².